The first-order valence-electron chi connectivity index (χ1n) is 10.5. The molecule has 0 atom stereocenters. The highest BCUT2D eigenvalue weighted by atomic mass is 16.5. The second-order valence-electron chi connectivity index (χ2n) is 7.40. The molecule has 31 heavy (non-hydrogen) atoms. The Bertz CT molecular complexity index is 1140. The van der Waals surface area contributed by atoms with Gasteiger partial charge in [-0.05, 0) is 49.7 Å². The molecule has 2 aromatic carbocycles. The number of aromatic nitrogens is 3. The van der Waals surface area contributed by atoms with Crippen molar-refractivity contribution in [3.8, 4) is 5.75 Å². The SMILES string of the molecule is Cc1ccc(OCCn2c(CCCNC(=O)c3ccccn3)nc3ccccc32)cc1. The van der Waals surface area contributed by atoms with E-state index < -0.39 is 0 Å². The van der Waals surface area contributed by atoms with Gasteiger partial charge in [0.2, 0.25) is 0 Å². The number of carbonyl (C=O) groups is 1. The molecule has 0 radical (unpaired) electrons. The van der Waals surface area contributed by atoms with Gasteiger partial charge in [0.1, 0.15) is 23.9 Å². The van der Waals surface area contributed by atoms with Gasteiger partial charge in [0, 0.05) is 19.2 Å². The average molecular weight is 415 g/mol. The molecule has 158 valence electrons. The lowest BCUT2D eigenvalue weighted by atomic mass is 10.2. The lowest BCUT2D eigenvalue weighted by molar-refractivity contribution is 0.0948. The van der Waals surface area contributed by atoms with Gasteiger partial charge < -0.3 is 14.6 Å². The number of rotatable bonds is 9. The van der Waals surface area contributed by atoms with Crippen LogP contribution in [0.25, 0.3) is 11.0 Å². The van der Waals surface area contributed by atoms with Crippen LogP contribution in [-0.4, -0.2) is 33.6 Å². The van der Waals surface area contributed by atoms with E-state index in [4.69, 9.17) is 9.72 Å². The van der Waals surface area contributed by atoms with Crippen molar-refractivity contribution in [3.05, 3.63) is 90.0 Å². The number of benzene rings is 2. The van der Waals surface area contributed by atoms with Crippen LogP contribution in [0.5, 0.6) is 5.75 Å². The van der Waals surface area contributed by atoms with Gasteiger partial charge in [-0.25, -0.2) is 4.98 Å². The number of ether oxygens (including phenoxy) is 1. The lowest BCUT2D eigenvalue weighted by Gasteiger charge is -2.11. The number of carbonyl (C=O) groups excluding carboxylic acids is 1. The van der Waals surface area contributed by atoms with Crippen molar-refractivity contribution in [2.24, 2.45) is 0 Å². The summed E-state index contributed by atoms with van der Waals surface area (Å²) in [7, 11) is 0. The first-order valence-corrected chi connectivity index (χ1v) is 10.5. The minimum absolute atomic E-state index is 0.152. The fraction of sp³-hybridized carbons (Fsp3) is 0.240. The van der Waals surface area contributed by atoms with Crippen molar-refractivity contribution in [3.63, 3.8) is 0 Å². The van der Waals surface area contributed by atoms with E-state index >= 15 is 0 Å². The van der Waals surface area contributed by atoms with E-state index in [0.717, 1.165) is 35.4 Å². The summed E-state index contributed by atoms with van der Waals surface area (Å²) in [6.07, 6.45) is 3.18. The molecular formula is C25H26N4O2. The standard InChI is InChI=1S/C25H26N4O2/c1-19-11-13-20(14-12-19)31-18-17-29-23-9-3-2-7-21(23)28-24(29)10-6-16-27-25(30)22-8-4-5-15-26-22/h2-5,7-9,11-15H,6,10,16-18H2,1H3,(H,27,30). The first kappa shape index (κ1) is 20.6. The van der Waals surface area contributed by atoms with E-state index in [1.807, 2.05) is 48.5 Å². The van der Waals surface area contributed by atoms with Gasteiger partial charge in [0.05, 0.1) is 17.6 Å². The van der Waals surface area contributed by atoms with Crippen LogP contribution in [0.15, 0.2) is 72.9 Å². The molecule has 2 aromatic heterocycles. The molecule has 4 rings (SSSR count). The normalized spacial score (nSPS) is 10.9. The molecule has 0 saturated carbocycles. The van der Waals surface area contributed by atoms with Crippen molar-refractivity contribution >= 4 is 16.9 Å². The Labute approximate surface area is 181 Å². The molecule has 1 amide bonds. The molecule has 0 saturated heterocycles. The predicted molar refractivity (Wildman–Crippen MR) is 121 cm³/mol. The Morgan fingerprint density at radius 2 is 1.84 bits per heavy atom. The van der Waals surface area contributed by atoms with Crippen LogP contribution in [0.1, 0.15) is 28.3 Å². The molecule has 0 fully saturated rings. The highest BCUT2D eigenvalue weighted by Gasteiger charge is 2.11. The number of fused-ring (bicyclic) bond motifs is 1. The zero-order valence-electron chi connectivity index (χ0n) is 17.6. The molecular weight excluding hydrogens is 388 g/mol. The summed E-state index contributed by atoms with van der Waals surface area (Å²) in [6.45, 7) is 3.90. The van der Waals surface area contributed by atoms with Crippen LogP contribution in [0, 0.1) is 6.92 Å². The second-order valence-corrected chi connectivity index (χ2v) is 7.40. The molecule has 0 unspecified atom stereocenters. The zero-order valence-corrected chi connectivity index (χ0v) is 17.6. The fourth-order valence-electron chi connectivity index (χ4n) is 3.49. The number of pyridine rings is 1. The van der Waals surface area contributed by atoms with Crippen LogP contribution in [0.3, 0.4) is 0 Å². The summed E-state index contributed by atoms with van der Waals surface area (Å²) >= 11 is 0. The van der Waals surface area contributed by atoms with E-state index in [0.29, 0.717) is 25.4 Å². The molecule has 0 spiro atoms. The Kier molecular flexibility index (Phi) is 6.57. The Morgan fingerprint density at radius 3 is 2.65 bits per heavy atom. The number of nitrogens with zero attached hydrogens (tertiary/aromatic N) is 3. The molecule has 0 aliphatic heterocycles. The number of aryl methyl sites for hydroxylation is 2. The predicted octanol–water partition coefficient (Wildman–Crippen LogP) is 4.18. The minimum atomic E-state index is -0.152. The van der Waals surface area contributed by atoms with Crippen molar-refractivity contribution < 1.29 is 9.53 Å². The van der Waals surface area contributed by atoms with E-state index in [9.17, 15) is 4.79 Å². The molecule has 0 aliphatic carbocycles. The largest absolute Gasteiger partial charge is 0.492 e. The van der Waals surface area contributed by atoms with E-state index in [2.05, 4.69) is 27.9 Å². The molecule has 0 aliphatic rings. The minimum Gasteiger partial charge on any atom is -0.492 e. The van der Waals surface area contributed by atoms with Gasteiger partial charge in [-0.1, -0.05) is 35.9 Å². The average Bonchev–Trinajstić information content (AvgIpc) is 3.16. The van der Waals surface area contributed by atoms with Crippen molar-refractivity contribution in [1.82, 2.24) is 19.9 Å². The first-order chi connectivity index (χ1) is 15.2. The highest BCUT2D eigenvalue weighted by molar-refractivity contribution is 5.92. The summed E-state index contributed by atoms with van der Waals surface area (Å²) < 4.78 is 8.14. The van der Waals surface area contributed by atoms with Crippen molar-refractivity contribution in [1.29, 1.82) is 0 Å². The number of amides is 1. The number of hydrogen-bond donors (Lipinski definition) is 1. The van der Waals surface area contributed by atoms with Gasteiger partial charge in [0.25, 0.3) is 5.91 Å². The quantitative estimate of drug-likeness (QED) is 0.417. The van der Waals surface area contributed by atoms with Crippen molar-refractivity contribution in [2.75, 3.05) is 13.2 Å². The topological polar surface area (TPSA) is 69.0 Å². The summed E-state index contributed by atoms with van der Waals surface area (Å²) in [5, 5.41) is 2.93. The van der Waals surface area contributed by atoms with Gasteiger partial charge in [-0.2, -0.15) is 0 Å². The van der Waals surface area contributed by atoms with Crippen LogP contribution in [0.2, 0.25) is 0 Å². The third kappa shape index (κ3) is 5.28. The summed E-state index contributed by atoms with van der Waals surface area (Å²) in [4.78, 5) is 21.0. The van der Waals surface area contributed by atoms with Crippen LogP contribution >= 0.6 is 0 Å². The fourth-order valence-corrected chi connectivity index (χ4v) is 3.49. The van der Waals surface area contributed by atoms with Gasteiger partial charge >= 0.3 is 0 Å². The Morgan fingerprint density at radius 1 is 1.03 bits per heavy atom. The monoisotopic (exact) mass is 414 g/mol. The van der Waals surface area contributed by atoms with Crippen LogP contribution in [-0.2, 0) is 13.0 Å². The smallest absolute Gasteiger partial charge is 0.269 e. The summed E-state index contributed by atoms with van der Waals surface area (Å²) in [6, 6.07) is 21.5. The lowest BCUT2D eigenvalue weighted by Crippen LogP contribution is -2.25. The third-order valence-electron chi connectivity index (χ3n) is 5.10. The maximum Gasteiger partial charge on any atom is 0.269 e. The van der Waals surface area contributed by atoms with Crippen LogP contribution < -0.4 is 10.1 Å². The number of nitrogens with one attached hydrogen (secondary N) is 1. The molecule has 0 bridgehead atoms. The molecule has 1 N–H and O–H groups in total. The zero-order chi connectivity index (χ0) is 21.5. The van der Waals surface area contributed by atoms with Gasteiger partial charge in [-0.15, -0.1) is 0 Å². The Hall–Kier alpha value is -3.67. The van der Waals surface area contributed by atoms with E-state index in [1.165, 1.54) is 5.56 Å². The molecule has 4 aromatic rings. The molecule has 2 heterocycles. The number of para-hydroxylation sites is 2. The molecule has 6 heteroatoms. The summed E-state index contributed by atoms with van der Waals surface area (Å²) in [5.74, 6) is 1.72. The maximum absolute atomic E-state index is 12.1. The van der Waals surface area contributed by atoms with Gasteiger partial charge in [-0.3, -0.25) is 9.78 Å². The third-order valence-corrected chi connectivity index (χ3v) is 5.10. The second kappa shape index (κ2) is 9.89. The van der Waals surface area contributed by atoms with Crippen LogP contribution in [0.4, 0.5) is 0 Å². The molecule has 6 nitrogen and oxygen atoms in total. The maximum atomic E-state index is 12.1. The van der Waals surface area contributed by atoms with Gasteiger partial charge in [0.15, 0.2) is 0 Å². The Balaban J connectivity index is 1.36. The van der Waals surface area contributed by atoms with E-state index in [1.54, 1.807) is 18.3 Å². The van der Waals surface area contributed by atoms with E-state index in [-0.39, 0.29) is 5.91 Å². The highest BCUT2D eigenvalue weighted by Crippen LogP contribution is 2.18. The summed E-state index contributed by atoms with van der Waals surface area (Å²) in [5.41, 5.74) is 3.72. The number of hydrogen-bond acceptors (Lipinski definition) is 4. The van der Waals surface area contributed by atoms with Crippen molar-refractivity contribution in [2.45, 2.75) is 26.3 Å². The number of imidazole rings is 1.